The van der Waals surface area contributed by atoms with Crippen LogP contribution >= 0.6 is 11.3 Å². The molecule has 27 heavy (non-hydrogen) atoms. The van der Waals surface area contributed by atoms with Gasteiger partial charge in [-0.25, -0.2) is 9.97 Å². The molecule has 0 spiro atoms. The topological polar surface area (TPSA) is 53.9 Å². The minimum absolute atomic E-state index is 0.473. The molecule has 3 heterocycles. The summed E-state index contributed by atoms with van der Waals surface area (Å²) in [7, 11) is 4.37. The molecular formula is C21H27N5S. The van der Waals surface area contributed by atoms with Crippen molar-refractivity contribution in [3.8, 4) is 11.3 Å². The molecule has 3 aromatic heterocycles. The summed E-state index contributed by atoms with van der Waals surface area (Å²) in [6, 6.07) is 7.26. The highest BCUT2D eigenvalue weighted by molar-refractivity contribution is 7.19. The second kappa shape index (κ2) is 7.90. The summed E-state index contributed by atoms with van der Waals surface area (Å²) in [4.78, 5) is 18.5. The van der Waals surface area contributed by atoms with Gasteiger partial charge in [-0.05, 0) is 58.3 Å². The van der Waals surface area contributed by atoms with Crippen molar-refractivity contribution in [2.45, 2.75) is 51.1 Å². The molecule has 3 aromatic rings. The zero-order chi connectivity index (χ0) is 18.8. The van der Waals surface area contributed by atoms with Gasteiger partial charge in [0, 0.05) is 28.7 Å². The number of aromatic nitrogens is 3. The third-order valence-electron chi connectivity index (χ3n) is 5.57. The summed E-state index contributed by atoms with van der Waals surface area (Å²) in [5.41, 5.74) is 2.21. The quantitative estimate of drug-likeness (QED) is 0.700. The van der Waals surface area contributed by atoms with E-state index >= 15 is 0 Å². The summed E-state index contributed by atoms with van der Waals surface area (Å²) in [5.74, 6) is 0.963. The van der Waals surface area contributed by atoms with Crippen LogP contribution in [-0.2, 0) is 6.42 Å². The van der Waals surface area contributed by atoms with Gasteiger partial charge in [0.2, 0.25) is 0 Å². The normalized spacial score (nSPS) is 20.3. The first-order chi connectivity index (χ1) is 13.2. The van der Waals surface area contributed by atoms with Crippen LogP contribution < -0.4 is 5.32 Å². The van der Waals surface area contributed by atoms with E-state index in [-0.39, 0.29) is 0 Å². The van der Waals surface area contributed by atoms with E-state index in [0.29, 0.717) is 12.1 Å². The number of hydrogen-bond donors (Lipinski definition) is 1. The van der Waals surface area contributed by atoms with Crippen molar-refractivity contribution in [1.82, 2.24) is 19.9 Å². The average Bonchev–Trinajstić information content (AvgIpc) is 3.09. The number of pyridine rings is 1. The molecule has 1 N–H and O–H groups in total. The molecular weight excluding hydrogens is 354 g/mol. The van der Waals surface area contributed by atoms with Crippen molar-refractivity contribution >= 4 is 27.4 Å². The Kier molecular flexibility index (Phi) is 5.36. The van der Waals surface area contributed by atoms with Crippen LogP contribution in [0.25, 0.3) is 21.5 Å². The lowest BCUT2D eigenvalue weighted by atomic mass is 9.90. The molecule has 4 rings (SSSR count). The fraction of sp³-hybridized carbons (Fsp3) is 0.476. The summed E-state index contributed by atoms with van der Waals surface area (Å²) >= 11 is 1.76. The third-order valence-corrected chi connectivity index (χ3v) is 6.81. The van der Waals surface area contributed by atoms with Crippen LogP contribution in [-0.4, -0.2) is 46.0 Å². The Morgan fingerprint density at radius 3 is 2.59 bits per heavy atom. The second-order valence-electron chi connectivity index (χ2n) is 7.48. The molecule has 0 atom stereocenters. The Morgan fingerprint density at radius 1 is 1.11 bits per heavy atom. The van der Waals surface area contributed by atoms with Gasteiger partial charge in [-0.3, -0.25) is 4.98 Å². The molecule has 0 saturated heterocycles. The maximum absolute atomic E-state index is 4.64. The minimum Gasteiger partial charge on any atom is -0.367 e. The van der Waals surface area contributed by atoms with E-state index in [9.17, 15) is 0 Å². The number of nitrogens with zero attached hydrogens (tertiary/aromatic N) is 4. The van der Waals surface area contributed by atoms with Crippen LogP contribution in [0.2, 0.25) is 0 Å². The van der Waals surface area contributed by atoms with Crippen molar-refractivity contribution in [2.24, 2.45) is 0 Å². The fourth-order valence-corrected chi connectivity index (χ4v) is 5.14. The van der Waals surface area contributed by atoms with Crippen molar-refractivity contribution < 1.29 is 0 Å². The first-order valence-electron chi connectivity index (χ1n) is 9.78. The predicted molar refractivity (Wildman–Crippen MR) is 113 cm³/mol. The van der Waals surface area contributed by atoms with Crippen molar-refractivity contribution in [3.63, 3.8) is 0 Å². The number of fused-ring (bicyclic) bond motifs is 1. The number of anilines is 1. The lowest BCUT2D eigenvalue weighted by Crippen LogP contribution is -2.36. The Morgan fingerprint density at radius 2 is 1.93 bits per heavy atom. The number of rotatable bonds is 5. The van der Waals surface area contributed by atoms with Gasteiger partial charge in [-0.1, -0.05) is 13.0 Å². The maximum atomic E-state index is 4.64. The molecule has 1 fully saturated rings. The van der Waals surface area contributed by atoms with Crippen molar-refractivity contribution in [1.29, 1.82) is 0 Å². The van der Waals surface area contributed by atoms with E-state index in [4.69, 9.17) is 0 Å². The Hall–Kier alpha value is -2.05. The minimum atomic E-state index is 0.473. The van der Waals surface area contributed by atoms with E-state index < -0.39 is 0 Å². The fourth-order valence-electron chi connectivity index (χ4n) is 4.05. The molecule has 1 saturated carbocycles. The number of thiophene rings is 1. The molecule has 0 aliphatic heterocycles. The van der Waals surface area contributed by atoms with Crippen LogP contribution in [0.5, 0.6) is 0 Å². The third kappa shape index (κ3) is 3.69. The highest BCUT2D eigenvalue weighted by Gasteiger charge is 2.25. The zero-order valence-electron chi connectivity index (χ0n) is 16.3. The molecule has 0 radical (unpaired) electrons. The molecule has 142 valence electrons. The second-order valence-corrected chi connectivity index (χ2v) is 8.57. The SMILES string of the molecule is CCc1sc2ncnc(NC3CCC(N(C)C)CC3)c2c1-c1ccccn1. The largest absolute Gasteiger partial charge is 0.367 e. The van der Waals surface area contributed by atoms with Crippen LogP contribution in [0.4, 0.5) is 5.82 Å². The molecule has 6 heteroatoms. The number of aryl methyl sites for hydroxylation is 1. The highest BCUT2D eigenvalue weighted by Crippen LogP contribution is 2.40. The predicted octanol–water partition coefficient (Wildman–Crippen LogP) is 4.60. The Balaban J connectivity index is 1.69. The molecule has 0 bridgehead atoms. The number of hydrogen-bond acceptors (Lipinski definition) is 6. The lowest BCUT2D eigenvalue weighted by Gasteiger charge is -2.33. The van der Waals surface area contributed by atoms with Crippen LogP contribution in [0.3, 0.4) is 0 Å². The van der Waals surface area contributed by atoms with Crippen molar-refractivity contribution in [3.05, 3.63) is 35.6 Å². The van der Waals surface area contributed by atoms with Gasteiger partial charge in [0.15, 0.2) is 0 Å². The Labute approximate surface area is 164 Å². The highest BCUT2D eigenvalue weighted by atomic mass is 32.1. The maximum Gasteiger partial charge on any atom is 0.139 e. The first kappa shape index (κ1) is 18.3. The first-order valence-corrected chi connectivity index (χ1v) is 10.6. The smallest absolute Gasteiger partial charge is 0.139 e. The molecule has 1 aliphatic carbocycles. The lowest BCUT2D eigenvalue weighted by molar-refractivity contribution is 0.221. The van der Waals surface area contributed by atoms with Gasteiger partial charge in [0.1, 0.15) is 17.0 Å². The molecule has 0 unspecified atom stereocenters. The van der Waals surface area contributed by atoms with Gasteiger partial charge in [0.05, 0.1) is 11.1 Å². The van der Waals surface area contributed by atoms with Crippen LogP contribution in [0.15, 0.2) is 30.7 Å². The zero-order valence-corrected chi connectivity index (χ0v) is 17.1. The van der Waals surface area contributed by atoms with E-state index in [1.807, 2.05) is 18.3 Å². The summed E-state index contributed by atoms with van der Waals surface area (Å²) < 4.78 is 0. The Bertz CT molecular complexity index is 898. The van der Waals surface area contributed by atoms with E-state index in [0.717, 1.165) is 28.1 Å². The molecule has 0 amide bonds. The average molecular weight is 382 g/mol. The van der Waals surface area contributed by atoms with E-state index in [2.05, 4.69) is 52.3 Å². The van der Waals surface area contributed by atoms with Gasteiger partial charge in [-0.15, -0.1) is 11.3 Å². The standard InChI is InChI=1S/C21H27N5S/c1-4-17-18(16-7-5-6-12-22-16)19-20(23-13-24-21(19)27-17)25-14-8-10-15(11-9-14)26(2)3/h5-7,12-15H,4,8-11H2,1-3H3,(H,23,24,25). The van der Waals surface area contributed by atoms with E-state index in [1.54, 1.807) is 17.7 Å². The summed E-state index contributed by atoms with van der Waals surface area (Å²) in [5, 5.41) is 4.87. The van der Waals surface area contributed by atoms with Gasteiger partial charge < -0.3 is 10.2 Å². The van der Waals surface area contributed by atoms with Crippen LogP contribution in [0.1, 0.15) is 37.5 Å². The van der Waals surface area contributed by atoms with Gasteiger partial charge in [-0.2, -0.15) is 0 Å². The molecule has 0 aromatic carbocycles. The monoisotopic (exact) mass is 381 g/mol. The van der Waals surface area contributed by atoms with Gasteiger partial charge in [0.25, 0.3) is 0 Å². The summed E-state index contributed by atoms with van der Waals surface area (Å²) in [6.45, 7) is 2.19. The van der Waals surface area contributed by atoms with Crippen molar-refractivity contribution in [2.75, 3.05) is 19.4 Å². The van der Waals surface area contributed by atoms with Gasteiger partial charge >= 0.3 is 0 Å². The molecule has 5 nitrogen and oxygen atoms in total. The van der Waals surface area contributed by atoms with E-state index in [1.165, 1.54) is 36.1 Å². The number of nitrogens with one attached hydrogen (secondary N) is 1. The molecule has 1 aliphatic rings. The van der Waals surface area contributed by atoms with Crippen LogP contribution in [0, 0.1) is 0 Å². The summed E-state index contributed by atoms with van der Waals surface area (Å²) in [6.07, 6.45) is 9.34.